The number of nitrogens with zero attached hydrogens (tertiary/aromatic N) is 1. The molecular formula is C9H19N3OS. The maximum Gasteiger partial charge on any atom is 0.237 e. The van der Waals surface area contributed by atoms with E-state index < -0.39 is 0 Å². The van der Waals surface area contributed by atoms with Crippen molar-refractivity contribution < 1.29 is 4.79 Å². The molecule has 1 aliphatic heterocycles. The Kier molecular flexibility index (Phi) is 4.71. The van der Waals surface area contributed by atoms with Gasteiger partial charge in [-0.3, -0.25) is 10.2 Å². The van der Waals surface area contributed by atoms with Crippen LogP contribution >= 0.6 is 11.8 Å². The summed E-state index contributed by atoms with van der Waals surface area (Å²) in [6.45, 7) is 2.69. The zero-order valence-corrected chi connectivity index (χ0v) is 9.64. The van der Waals surface area contributed by atoms with Crippen molar-refractivity contribution in [2.75, 3.05) is 25.1 Å². The summed E-state index contributed by atoms with van der Waals surface area (Å²) in [5, 5.41) is 0. The van der Waals surface area contributed by atoms with E-state index in [2.05, 4.69) is 17.4 Å². The Morgan fingerprint density at radius 3 is 3.00 bits per heavy atom. The Morgan fingerprint density at radius 2 is 2.50 bits per heavy atom. The van der Waals surface area contributed by atoms with Crippen molar-refractivity contribution in [1.29, 1.82) is 0 Å². The van der Waals surface area contributed by atoms with Gasteiger partial charge in [0.2, 0.25) is 5.91 Å². The molecule has 0 spiro atoms. The third kappa shape index (κ3) is 3.15. The number of amides is 1. The van der Waals surface area contributed by atoms with Crippen molar-refractivity contribution in [3.8, 4) is 0 Å². The van der Waals surface area contributed by atoms with E-state index in [1.165, 1.54) is 17.9 Å². The Hall–Kier alpha value is -0.260. The molecule has 2 atom stereocenters. The van der Waals surface area contributed by atoms with Crippen LogP contribution in [0.25, 0.3) is 0 Å². The van der Waals surface area contributed by atoms with Crippen LogP contribution in [0.3, 0.4) is 0 Å². The van der Waals surface area contributed by atoms with Crippen molar-refractivity contribution in [2.24, 2.45) is 11.8 Å². The maximum absolute atomic E-state index is 11.2. The van der Waals surface area contributed by atoms with Crippen LogP contribution < -0.4 is 11.3 Å². The molecule has 1 saturated heterocycles. The number of nitrogens with one attached hydrogen (secondary N) is 1. The van der Waals surface area contributed by atoms with E-state index in [0.717, 1.165) is 6.54 Å². The van der Waals surface area contributed by atoms with Gasteiger partial charge in [-0.25, -0.2) is 5.84 Å². The molecular weight excluding hydrogens is 198 g/mol. The van der Waals surface area contributed by atoms with Crippen LogP contribution in [0, 0.1) is 5.92 Å². The van der Waals surface area contributed by atoms with Crippen molar-refractivity contribution in [1.82, 2.24) is 10.3 Å². The number of thioether (sulfide) groups is 1. The van der Waals surface area contributed by atoms with E-state index in [1.807, 2.05) is 18.7 Å². The van der Waals surface area contributed by atoms with Crippen LogP contribution in [-0.2, 0) is 4.79 Å². The molecule has 1 rings (SSSR count). The highest BCUT2D eigenvalue weighted by atomic mass is 32.2. The number of rotatable bonds is 4. The molecule has 0 radical (unpaired) electrons. The minimum Gasteiger partial charge on any atom is -0.302 e. The van der Waals surface area contributed by atoms with E-state index in [1.54, 1.807) is 0 Å². The van der Waals surface area contributed by atoms with Crippen LogP contribution in [0.2, 0.25) is 0 Å². The highest BCUT2D eigenvalue weighted by molar-refractivity contribution is 7.99. The number of hydrazine groups is 1. The van der Waals surface area contributed by atoms with Crippen molar-refractivity contribution in [2.45, 2.75) is 19.4 Å². The van der Waals surface area contributed by atoms with Gasteiger partial charge in [0.25, 0.3) is 0 Å². The van der Waals surface area contributed by atoms with Crippen LogP contribution in [0.4, 0.5) is 0 Å². The first kappa shape index (κ1) is 11.8. The quantitative estimate of drug-likeness (QED) is 0.397. The number of carbonyl (C=O) groups excluding carboxylic acids is 1. The topological polar surface area (TPSA) is 58.4 Å². The molecule has 14 heavy (non-hydrogen) atoms. The van der Waals surface area contributed by atoms with Gasteiger partial charge < -0.3 is 4.90 Å². The fourth-order valence-corrected chi connectivity index (χ4v) is 2.97. The number of hydrogen-bond donors (Lipinski definition) is 2. The Balaban J connectivity index is 2.31. The molecule has 0 bridgehead atoms. The van der Waals surface area contributed by atoms with Gasteiger partial charge >= 0.3 is 0 Å². The zero-order valence-electron chi connectivity index (χ0n) is 8.82. The predicted octanol–water partition coefficient (Wildman–Crippen LogP) is 0.0497. The fourth-order valence-electron chi connectivity index (χ4n) is 1.68. The average Bonchev–Trinajstić information content (AvgIpc) is 2.69. The molecule has 82 valence electrons. The van der Waals surface area contributed by atoms with Crippen molar-refractivity contribution >= 4 is 17.7 Å². The SMILES string of the molecule is CC(CN(C)C1CCSC1)C(=O)NN. The third-order valence-electron chi connectivity index (χ3n) is 2.68. The monoisotopic (exact) mass is 217 g/mol. The first-order chi connectivity index (χ1) is 6.65. The lowest BCUT2D eigenvalue weighted by molar-refractivity contribution is -0.125. The van der Waals surface area contributed by atoms with E-state index >= 15 is 0 Å². The Morgan fingerprint density at radius 1 is 1.79 bits per heavy atom. The fraction of sp³-hybridized carbons (Fsp3) is 0.889. The first-order valence-electron chi connectivity index (χ1n) is 4.93. The van der Waals surface area contributed by atoms with Gasteiger partial charge in [0.05, 0.1) is 0 Å². The lowest BCUT2D eigenvalue weighted by Gasteiger charge is -2.25. The summed E-state index contributed by atoms with van der Waals surface area (Å²) in [5.41, 5.74) is 2.19. The van der Waals surface area contributed by atoms with Gasteiger partial charge in [0, 0.05) is 24.3 Å². The van der Waals surface area contributed by atoms with Crippen LogP contribution in [0.1, 0.15) is 13.3 Å². The summed E-state index contributed by atoms with van der Waals surface area (Å²) in [5.74, 6) is 7.40. The number of hydrogen-bond acceptors (Lipinski definition) is 4. The Bertz CT molecular complexity index is 194. The highest BCUT2D eigenvalue weighted by Crippen LogP contribution is 2.21. The lowest BCUT2D eigenvalue weighted by Crippen LogP contribution is -2.42. The molecule has 2 unspecified atom stereocenters. The number of carbonyl (C=O) groups is 1. The van der Waals surface area contributed by atoms with Crippen molar-refractivity contribution in [3.63, 3.8) is 0 Å². The smallest absolute Gasteiger partial charge is 0.237 e. The highest BCUT2D eigenvalue weighted by Gasteiger charge is 2.23. The molecule has 4 nitrogen and oxygen atoms in total. The molecule has 0 aromatic heterocycles. The molecule has 5 heteroatoms. The van der Waals surface area contributed by atoms with Gasteiger partial charge in [-0.2, -0.15) is 11.8 Å². The molecule has 1 fully saturated rings. The molecule has 1 amide bonds. The summed E-state index contributed by atoms with van der Waals surface area (Å²) >= 11 is 1.98. The summed E-state index contributed by atoms with van der Waals surface area (Å²) in [4.78, 5) is 13.5. The van der Waals surface area contributed by atoms with Crippen LogP contribution in [-0.4, -0.2) is 41.9 Å². The van der Waals surface area contributed by atoms with Gasteiger partial charge in [0.1, 0.15) is 0 Å². The third-order valence-corrected chi connectivity index (χ3v) is 3.83. The molecule has 0 aromatic carbocycles. The summed E-state index contributed by atoms with van der Waals surface area (Å²) in [7, 11) is 2.08. The lowest BCUT2D eigenvalue weighted by atomic mass is 10.1. The molecule has 1 aliphatic rings. The van der Waals surface area contributed by atoms with Gasteiger partial charge in [-0.05, 0) is 19.2 Å². The maximum atomic E-state index is 11.2. The number of nitrogens with two attached hydrogens (primary N) is 1. The van der Waals surface area contributed by atoms with E-state index in [-0.39, 0.29) is 11.8 Å². The Labute approximate surface area is 89.6 Å². The van der Waals surface area contributed by atoms with E-state index in [0.29, 0.717) is 6.04 Å². The van der Waals surface area contributed by atoms with E-state index in [4.69, 9.17) is 5.84 Å². The molecule has 0 aromatic rings. The standard InChI is InChI=1S/C9H19N3OS/c1-7(9(13)11-10)5-12(2)8-3-4-14-6-8/h7-8H,3-6,10H2,1-2H3,(H,11,13). The van der Waals surface area contributed by atoms with E-state index in [9.17, 15) is 4.79 Å². The van der Waals surface area contributed by atoms with Crippen LogP contribution in [0.5, 0.6) is 0 Å². The molecule has 3 N–H and O–H groups in total. The first-order valence-corrected chi connectivity index (χ1v) is 6.09. The predicted molar refractivity (Wildman–Crippen MR) is 59.9 cm³/mol. The molecule has 0 aliphatic carbocycles. The summed E-state index contributed by atoms with van der Waals surface area (Å²) in [6.07, 6.45) is 1.23. The minimum atomic E-state index is -0.0810. The second-order valence-corrected chi connectivity index (χ2v) is 5.02. The van der Waals surface area contributed by atoms with Gasteiger partial charge in [-0.1, -0.05) is 6.92 Å². The molecule has 0 saturated carbocycles. The normalized spacial score (nSPS) is 23.9. The average molecular weight is 217 g/mol. The largest absolute Gasteiger partial charge is 0.302 e. The summed E-state index contributed by atoms with van der Waals surface area (Å²) in [6, 6.07) is 0.632. The van der Waals surface area contributed by atoms with Gasteiger partial charge in [0.15, 0.2) is 0 Å². The summed E-state index contributed by atoms with van der Waals surface area (Å²) < 4.78 is 0. The second kappa shape index (κ2) is 5.58. The minimum absolute atomic E-state index is 0.0319. The zero-order chi connectivity index (χ0) is 10.6. The van der Waals surface area contributed by atoms with Crippen LogP contribution in [0.15, 0.2) is 0 Å². The van der Waals surface area contributed by atoms with Gasteiger partial charge in [-0.15, -0.1) is 0 Å². The second-order valence-electron chi connectivity index (χ2n) is 3.87. The van der Waals surface area contributed by atoms with Crippen molar-refractivity contribution in [3.05, 3.63) is 0 Å². The molecule has 1 heterocycles.